The number of hydrogen-bond donors (Lipinski definition) is 1. The third-order valence-corrected chi connectivity index (χ3v) is 3.61. The quantitative estimate of drug-likeness (QED) is 0.703. The molecule has 1 N–H and O–H groups in total. The molecule has 22 heavy (non-hydrogen) atoms. The Morgan fingerprint density at radius 2 is 2.36 bits per heavy atom. The maximum absolute atomic E-state index is 5.69. The zero-order valence-corrected chi connectivity index (χ0v) is 12.2. The Bertz CT molecular complexity index is 788. The first kappa shape index (κ1) is 13.3. The van der Waals surface area contributed by atoms with Crippen molar-refractivity contribution in [1.29, 1.82) is 0 Å². The average molecular weight is 300 g/mol. The number of aromatic nitrogens is 7. The molecule has 0 bridgehead atoms. The molecule has 0 aromatic carbocycles. The van der Waals surface area contributed by atoms with Crippen LogP contribution >= 0.6 is 0 Å². The zero-order valence-electron chi connectivity index (χ0n) is 12.2. The van der Waals surface area contributed by atoms with Gasteiger partial charge in [0, 0.05) is 31.9 Å². The van der Waals surface area contributed by atoms with E-state index in [1.807, 2.05) is 13.2 Å². The molecule has 1 aliphatic heterocycles. The van der Waals surface area contributed by atoms with Crippen molar-refractivity contribution in [2.45, 2.75) is 12.6 Å². The first-order chi connectivity index (χ1) is 10.8. The molecular formula is C13H16N8O. The molecule has 1 aliphatic rings. The van der Waals surface area contributed by atoms with Crippen molar-refractivity contribution in [3.8, 4) is 11.3 Å². The lowest BCUT2D eigenvalue weighted by molar-refractivity contribution is 0.0165. The van der Waals surface area contributed by atoms with E-state index in [1.165, 1.54) is 0 Å². The second kappa shape index (κ2) is 5.43. The fourth-order valence-corrected chi connectivity index (χ4v) is 2.51. The lowest BCUT2D eigenvalue weighted by Crippen LogP contribution is -2.40. The highest BCUT2D eigenvalue weighted by Crippen LogP contribution is 2.17. The minimum atomic E-state index is 0.0819. The fourth-order valence-electron chi connectivity index (χ4n) is 2.51. The smallest absolute Gasteiger partial charge is 0.221 e. The monoisotopic (exact) mass is 300 g/mol. The van der Waals surface area contributed by atoms with Crippen molar-refractivity contribution < 1.29 is 4.74 Å². The summed E-state index contributed by atoms with van der Waals surface area (Å²) >= 11 is 0. The summed E-state index contributed by atoms with van der Waals surface area (Å²) in [6.07, 6.45) is 5.45. The fraction of sp³-hybridized carbons (Fsp3) is 0.462. The van der Waals surface area contributed by atoms with E-state index in [-0.39, 0.29) is 6.10 Å². The lowest BCUT2D eigenvalue weighted by atomic mass is 10.3. The van der Waals surface area contributed by atoms with Gasteiger partial charge in [-0.15, -0.1) is 5.10 Å². The molecule has 1 atom stereocenters. The Labute approximate surface area is 126 Å². The maximum Gasteiger partial charge on any atom is 0.221 e. The number of rotatable bonds is 3. The van der Waals surface area contributed by atoms with E-state index in [0.29, 0.717) is 24.4 Å². The number of nitrogens with one attached hydrogen (secondary N) is 1. The number of fused-ring (bicyclic) bond motifs is 1. The molecule has 1 unspecified atom stereocenters. The van der Waals surface area contributed by atoms with Crippen LogP contribution < -0.4 is 5.32 Å². The zero-order chi connectivity index (χ0) is 14.9. The molecule has 3 aromatic rings. The van der Waals surface area contributed by atoms with Crippen molar-refractivity contribution in [2.24, 2.45) is 7.05 Å². The molecule has 0 amide bonds. The van der Waals surface area contributed by atoms with Crippen LogP contribution in [0.3, 0.4) is 0 Å². The van der Waals surface area contributed by atoms with E-state index in [2.05, 4.69) is 30.7 Å². The minimum absolute atomic E-state index is 0.0819. The molecular weight excluding hydrogens is 284 g/mol. The van der Waals surface area contributed by atoms with Crippen LogP contribution in [0.2, 0.25) is 0 Å². The summed E-state index contributed by atoms with van der Waals surface area (Å²) in [6, 6.07) is 0. The van der Waals surface area contributed by atoms with Gasteiger partial charge in [0.05, 0.1) is 37.3 Å². The highest BCUT2D eigenvalue weighted by molar-refractivity contribution is 5.69. The lowest BCUT2D eigenvalue weighted by Gasteiger charge is -2.23. The second-order valence-corrected chi connectivity index (χ2v) is 5.27. The van der Waals surface area contributed by atoms with Crippen LogP contribution in [0, 0.1) is 0 Å². The first-order valence-corrected chi connectivity index (χ1v) is 7.17. The number of nitrogens with zero attached hydrogens (tertiary/aromatic N) is 7. The van der Waals surface area contributed by atoms with E-state index in [9.17, 15) is 0 Å². The van der Waals surface area contributed by atoms with E-state index in [0.717, 1.165) is 24.3 Å². The largest absolute Gasteiger partial charge is 0.374 e. The van der Waals surface area contributed by atoms with Gasteiger partial charge in [-0.2, -0.15) is 5.10 Å². The maximum atomic E-state index is 5.69. The van der Waals surface area contributed by atoms with Crippen molar-refractivity contribution in [1.82, 2.24) is 40.1 Å². The normalized spacial score (nSPS) is 18.9. The van der Waals surface area contributed by atoms with Gasteiger partial charge in [0.1, 0.15) is 0 Å². The van der Waals surface area contributed by atoms with Gasteiger partial charge >= 0.3 is 0 Å². The van der Waals surface area contributed by atoms with Crippen LogP contribution in [-0.2, 0) is 18.3 Å². The van der Waals surface area contributed by atoms with Crippen LogP contribution in [0.25, 0.3) is 22.6 Å². The van der Waals surface area contributed by atoms with E-state index in [4.69, 9.17) is 4.74 Å². The van der Waals surface area contributed by atoms with Crippen molar-refractivity contribution in [3.63, 3.8) is 0 Å². The predicted octanol–water partition coefficient (Wildman–Crippen LogP) is -0.390. The van der Waals surface area contributed by atoms with Gasteiger partial charge in [0.25, 0.3) is 0 Å². The van der Waals surface area contributed by atoms with Gasteiger partial charge in [0.2, 0.25) is 5.65 Å². The molecule has 4 heterocycles. The van der Waals surface area contributed by atoms with E-state index < -0.39 is 0 Å². The van der Waals surface area contributed by atoms with E-state index >= 15 is 0 Å². The Kier molecular flexibility index (Phi) is 3.28. The van der Waals surface area contributed by atoms with E-state index in [1.54, 1.807) is 21.8 Å². The van der Waals surface area contributed by atoms with Crippen LogP contribution in [0.4, 0.5) is 0 Å². The molecule has 1 fully saturated rings. The van der Waals surface area contributed by atoms with Gasteiger partial charge in [-0.25, -0.2) is 14.6 Å². The molecule has 0 aliphatic carbocycles. The SMILES string of the molecule is Cn1cc(-c2cnc3c(nnn3CC3CNCCO3)n2)cn1. The second-order valence-electron chi connectivity index (χ2n) is 5.27. The van der Waals surface area contributed by atoms with Crippen LogP contribution in [-0.4, -0.2) is 60.5 Å². The Morgan fingerprint density at radius 3 is 3.14 bits per heavy atom. The molecule has 4 rings (SSSR count). The molecule has 1 saturated heterocycles. The summed E-state index contributed by atoms with van der Waals surface area (Å²) in [5.41, 5.74) is 2.85. The standard InChI is InChI=1S/C13H16N8O/c1-20-7-9(4-16-20)11-6-15-13-12(17-11)18-19-21(13)8-10-5-14-2-3-22-10/h4,6-7,10,14H,2-3,5,8H2,1H3. The topological polar surface area (TPSA) is 95.6 Å². The van der Waals surface area contributed by atoms with Gasteiger partial charge in [-0.1, -0.05) is 5.21 Å². The first-order valence-electron chi connectivity index (χ1n) is 7.17. The van der Waals surface area contributed by atoms with Crippen molar-refractivity contribution in [2.75, 3.05) is 19.7 Å². The number of hydrogen-bond acceptors (Lipinski definition) is 7. The summed E-state index contributed by atoms with van der Waals surface area (Å²) in [6.45, 7) is 3.03. The number of ether oxygens (including phenoxy) is 1. The predicted molar refractivity (Wildman–Crippen MR) is 77.9 cm³/mol. The highest BCUT2D eigenvalue weighted by Gasteiger charge is 2.17. The Balaban J connectivity index is 1.62. The van der Waals surface area contributed by atoms with Crippen LogP contribution in [0.5, 0.6) is 0 Å². The summed E-state index contributed by atoms with van der Waals surface area (Å²) in [5, 5.41) is 15.7. The summed E-state index contributed by atoms with van der Waals surface area (Å²) < 4.78 is 9.16. The molecule has 114 valence electrons. The van der Waals surface area contributed by atoms with Gasteiger partial charge in [-0.3, -0.25) is 4.68 Å². The summed E-state index contributed by atoms with van der Waals surface area (Å²) in [4.78, 5) is 8.96. The van der Waals surface area contributed by atoms with Crippen molar-refractivity contribution in [3.05, 3.63) is 18.6 Å². The molecule has 0 spiro atoms. The molecule has 0 radical (unpaired) electrons. The third kappa shape index (κ3) is 2.44. The molecule has 0 saturated carbocycles. The van der Waals surface area contributed by atoms with Gasteiger partial charge in [0.15, 0.2) is 5.65 Å². The van der Waals surface area contributed by atoms with Crippen molar-refractivity contribution >= 4 is 11.3 Å². The van der Waals surface area contributed by atoms with Gasteiger partial charge < -0.3 is 10.1 Å². The Hall–Kier alpha value is -2.39. The third-order valence-electron chi connectivity index (χ3n) is 3.61. The van der Waals surface area contributed by atoms with Gasteiger partial charge in [-0.05, 0) is 0 Å². The van der Waals surface area contributed by atoms with Crippen LogP contribution in [0.15, 0.2) is 18.6 Å². The average Bonchev–Trinajstić information content (AvgIpc) is 3.15. The minimum Gasteiger partial charge on any atom is -0.374 e. The Morgan fingerprint density at radius 1 is 1.41 bits per heavy atom. The highest BCUT2D eigenvalue weighted by atomic mass is 16.5. The number of aryl methyl sites for hydroxylation is 1. The summed E-state index contributed by atoms with van der Waals surface area (Å²) in [5.74, 6) is 0. The number of morpholine rings is 1. The molecule has 9 heteroatoms. The molecule has 3 aromatic heterocycles. The summed E-state index contributed by atoms with van der Waals surface area (Å²) in [7, 11) is 1.87. The van der Waals surface area contributed by atoms with Crippen LogP contribution in [0.1, 0.15) is 0 Å². The molecule has 9 nitrogen and oxygen atoms in total.